The third-order valence-electron chi connectivity index (χ3n) is 4.40. The molecule has 2 heterocycles. The Bertz CT molecular complexity index is 1090. The van der Waals surface area contributed by atoms with Crippen LogP contribution in [0.2, 0.25) is 5.02 Å². The Labute approximate surface area is 194 Å². The minimum Gasteiger partial charge on any atom is -0.462 e. The van der Waals surface area contributed by atoms with Crippen molar-refractivity contribution in [1.82, 2.24) is 14.8 Å². The van der Waals surface area contributed by atoms with Crippen molar-refractivity contribution >= 4 is 51.6 Å². The third-order valence-corrected chi connectivity index (χ3v) is 6.65. The molecule has 0 unspecified atom stereocenters. The molecule has 3 rings (SSSR count). The first kappa shape index (κ1) is 23.3. The molecule has 1 amide bonds. The van der Waals surface area contributed by atoms with E-state index in [4.69, 9.17) is 16.3 Å². The molecule has 0 radical (unpaired) electrons. The van der Waals surface area contributed by atoms with E-state index >= 15 is 0 Å². The zero-order valence-corrected chi connectivity index (χ0v) is 20.0. The SMILES string of the molecule is CCOC(=O)c1c(-c2ccccc2Cl)csc1NC(=O)CSc1nnc(C(C)C)n1C. The van der Waals surface area contributed by atoms with Crippen molar-refractivity contribution in [3.05, 3.63) is 46.1 Å². The summed E-state index contributed by atoms with van der Waals surface area (Å²) >= 11 is 8.88. The predicted molar refractivity (Wildman–Crippen MR) is 125 cm³/mol. The molecule has 31 heavy (non-hydrogen) atoms. The van der Waals surface area contributed by atoms with Crippen molar-refractivity contribution < 1.29 is 14.3 Å². The molecule has 0 saturated carbocycles. The number of rotatable bonds is 8. The molecule has 1 N–H and O–H groups in total. The number of hydrogen-bond acceptors (Lipinski definition) is 7. The Hall–Kier alpha value is -2.36. The van der Waals surface area contributed by atoms with Gasteiger partial charge in [0.2, 0.25) is 5.91 Å². The summed E-state index contributed by atoms with van der Waals surface area (Å²) in [7, 11) is 1.88. The second kappa shape index (κ2) is 10.3. The number of thioether (sulfide) groups is 1. The van der Waals surface area contributed by atoms with Gasteiger partial charge in [-0.15, -0.1) is 21.5 Å². The molecule has 164 valence electrons. The highest BCUT2D eigenvalue weighted by atomic mass is 35.5. The smallest absolute Gasteiger partial charge is 0.341 e. The Morgan fingerprint density at radius 3 is 2.65 bits per heavy atom. The molecule has 0 spiro atoms. The molecule has 1 aromatic carbocycles. The largest absolute Gasteiger partial charge is 0.462 e. The summed E-state index contributed by atoms with van der Waals surface area (Å²) in [6.45, 7) is 6.04. The van der Waals surface area contributed by atoms with Crippen LogP contribution in [0, 0.1) is 0 Å². The van der Waals surface area contributed by atoms with E-state index in [0.29, 0.717) is 31.9 Å². The minimum absolute atomic E-state index is 0.131. The number of anilines is 1. The number of esters is 1. The maximum absolute atomic E-state index is 12.7. The number of carbonyl (C=O) groups excluding carboxylic acids is 2. The van der Waals surface area contributed by atoms with Crippen LogP contribution in [-0.2, 0) is 16.6 Å². The van der Waals surface area contributed by atoms with Gasteiger partial charge in [-0.05, 0) is 13.0 Å². The Kier molecular flexibility index (Phi) is 7.74. The first-order chi connectivity index (χ1) is 14.8. The number of nitrogens with zero attached hydrogens (tertiary/aromatic N) is 3. The van der Waals surface area contributed by atoms with Gasteiger partial charge in [0, 0.05) is 34.5 Å². The summed E-state index contributed by atoms with van der Waals surface area (Å²) < 4.78 is 7.11. The first-order valence-corrected chi connectivity index (χ1v) is 11.9. The number of benzene rings is 1. The summed E-state index contributed by atoms with van der Waals surface area (Å²) in [4.78, 5) is 25.3. The Morgan fingerprint density at radius 2 is 2.00 bits per heavy atom. The first-order valence-electron chi connectivity index (χ1n) is 9.68. The van der Waals surface area contributed by atoms with Gasteiger partial charge in [-0.3, -0.25) is 4.79 Å². The van der Waals surface area contributed by atoms with Gasteiger partial charge in [0.1, 0.15) is 16.4 Å². The maximum atomic E-state index is 12.7. The van der Waals surface area contributed by atoms with E-state index in [-0.39, 0.29) is 24.2 Å². The van der Waals surface area contributed by atoms with Crippen LogP contribution in [0.4, 0.5) is 5.00 Å². The van der Waals surface area contributed by atoms with Crippen molar-refractivity contribution in [2.75, 3.05) is 17.7 Å². The normalized spacial score (nSPS) is 11.0. The zero-order chi connectivity index (χ0) is 22.5. The highest BCUT2D eigenvalue weighted by Gasteiger charge is 2.24. The van der Waals surface area contributed by atoms with Crippen LogP contribution in [0.25, 0.3) is 11.1 Å². The number of thiophene rings is 1. The molecule has 10 heteroatoms. The molecule has 0 atom stereocenters. The van der Waals surface area contributed by atoms with Crippen molar-refractivity contribution in [2.24, 2.45) is 7.05 Å². The molecule has 3 aromatic rings. The molecule has 0 saturated heterocycles. The molecule has 0 aliphatic carbocycles. The lowest BCUT2D eigenvalue weighted by molar-refractivity contribution is -0.113. The van der Waals surface area contributed by atoms with E-state index in [1.54, 1.807) is 18.4 Å². The Morgan fingerprint density at radius 1 is 1.26 bits per heavy atom. The molecule has 2 aromatic heterocycles. The predicted octanol–water partition coefficient (Wildman–Crippen LogP) is 5.23. The van der Waals surface area contributed by atoms with Crippen LogP contribution in [-0.4, -0.2) is 39.0 Å². The quantitative estimate of drug-likeness (QED) is 0.352. The lowest BCUT2D eigenvalue weighted by Crippen LogP contribution is -2.16. The van der Waals surface area contributed by atoms with Crippen LogP contribution >= 0.6 is 34.7 Å². The van der Waals surface area contributed by atoms with E-state index < -0.39 is 5.97 Å². The number of nitrogens with one attached hydrogen (secondary N) is 1. The highest BCUT2D eigenvalue weighted by molar-refractivity contribution is 7.99. The number of carbonyl (C=O) groups is 2. The second-order valence-corrected chi connectivity index (χ2v) is 9.17. The van der Waals surface area contributed by atoms with Crippen molar-refractivity contribution in [2.45, 2.75) is 31.8 Å². The molecule has 7 nitrogen and oxygen atoms in total. The number of halogens is 1. The van der Waals surface area contributed by atoms with Gasteiger partial charge >= 0.3 is 5.97 Å². The van der Waals surface area contributed by atoms with Gasteiger partial charge in [0.15, 0.2) is 5.16 Å². The van der Waals surface area contributed by atoms with E-state index in [1.165, 1.54) is 23.1 Å². The number of amides is 1. The number of hydrogen-bond donors (Lipinski definition) is 1. The molecular formula is C21H23ClN4O3S2. The molecular weight excluding hydrogens is 456 g/mol. The van der Waals surface area contributed by atoms with Crippen molar-refractivity contribution in [1.29, 1.82) is 0 Å². The summed E-state index contributed by atoms with van der Waals surface area (Å²) in [6.07, 6.45) is 0. The van der Waals surface area contributed by atoms with E-state index in [2.05, 4.69) is 15.5 Å². The van der Waals surface area contributed by atoms with Gasteiger partial charge < -0.3 is 14.6 Å². The van der Waals surface area contributed by atoms with E-state index in [1.807, 2.05) is 43.7 Å². The summed E-state index contributed by atoms with van der Waals surface area (Å²) in [6, 6.07) is 7.24. The summed E-state index contributed by atoms with van der Waals surface area (Å²) in [5.74, 6) is 0.470. The zero-order valence-electron chi connectivity index (χ0n) is 17.6. The van der Waals surface area contributed by atoms with E-state index in [0.717, 1.165) is 5.82 Å². The lowest BCUT2D eigenvalue weighted by atomic mass is 10.0. The number of ether oxygens (including phenoxy) is 1. The van der Waals surface area contributed by atoms with Gasteiger partial charge in [0.25, 0.3) is 0 Å². The topological polar surface area (TPSA) is 86.1 Å². The van der Waals surface area contributed by atoms with Crippen molar-refractivity contribution in [3.8, 4) is 11.1 Å². The summed E-state index contributed by atoms with van der Waals surface area (Å²) in [5, 5.41) is 14.6. The third kappa shape index (κ3) is 5.28. The molecule has 0 bridgehead atoms. The van der Waals surface area contributed by atoms with Gasteiger partial charge in [-0.25, -0.2) is 4.79 Å². The van der Waals surface area contributed by atoms with Crippen LogP contribution < -0.4 is 5.32 Å². The fourth-order valence-electron chi connectivity index (χ4n) is 2.98. The second-order valence-electron chi connectivity index (χ2n) is 6.95. The van der Waals surface area contributed by atoms with Gasteiger partial charge in [-0.1, -0.05) is 55.4 Å². The fourth-order valence-corrected chi connectivity index (χ4v) is 4.90. The average molecular weight is 479 g/mol. The maximum Gasteiger partial charge on any atom is 0.341 e. The van der Waals surface area contributed by atoms with Crippen LogP contribution in [0.15, 0.2) is 34.8 Å². The Balaban J connectivity index is 1.80. The molecule has 0 aliphatic rings. The monoisotopic (exact) mass is 478 g/mol. The fraction of sp³-hybridized carbons (Fsp3) is 0.333. The molecule has 0 aliphatic heterocycles. The lowest BCUT2D eigenvalue weighted by Gasteiger charge is -2.10. The van der Waals surface area contributed by atoms with Crippen LogP contribution in [0.1, 0.15) is 42.9 Å². The standard InChI is InChI=1S/C21H23ClN4O3S2/c1-5-29-20(28)17-14(13-8-6-7-9-15(13)22)10-30-19(17)23-16(27)11-31-21-25-24-18(12(2)3)26(21)4/h6-10,12H,5,11H2,1-4H3,(H,23,27). The average Bonchev–Trinajstić information content (AvgIpc) is 3.30. The van der Waals surface area contributed by atoms with Gasteiger partial charge in [-0.2, -0.15) is 0 Å². The van der Waals surface area contributed by atoms with E-state index in [9.17, 15) is 9.59 Å². The van der Waals surface area contributed by atoms with Gasteiger partial charge in [0.05, 0.1) is 12.4 Å². The highest BCUT2D eigenvalue weighted by Crippen LogP contribution is 2.39. The summed E-state index contributed by atoms with van der Waals surface area (Å²) in [5.41, 5.74) is 1.64. The van der Waals surface area contributed by atoms with Crippen LogP contribution in [0.3, 0.4) is 0 Å². The van der Waals surface area contributed by atoms with Crippen LogP contribution in [0.5, 0.6) is 0 Å². The number of aromatic nitrogens is 3. The van der Waals surface area contributed by atoms with Crippen molar-refractivity contribution in [3.63, 3.8) is 0 Å². The minimum atomic E-state index is -0.503. The molecule has 0 fully saturated rings.